The number of para-hydroxylation sites is 2. The molecule has 0 bridgehead atoms. The van der Waals surface area contributed by atoms with Crippen molar-refractivity contribution in [3.63, 3.8) is 0 Å². The second-order valence-electron chi connectivity index (χ2n) is 9.98. The van der Waals surface area contributed by atoms with E-state index in [4.69, 9.17) is 19.7 Å². The van der Waals surface area contributed by atoms with Crippen molar-refractivity contribution in [1.82, 2.24) is 9.88 Å². The lowest BCUT2D eigenvalue weighted by Gasteiger charge is -2.29. The van der Waals surface area contributed by atoms with Gasteiger partial charge in [0.05, 0.1) is 37.9 Å². The minimum atomic E-state index is -2.39. The molecule has 5 aromatic rings. The topological polar surface area (TPSA) is 92.9 Å². The molecule has 0 saturated carbocycles. The summed E-state index contributed by atoms with van der Waals surface area (Å²) in [5.41, 5.74) is 3.24. The fourth-order valence-electron chi connectivity index (χ4n) is 5.31. The summed E-state index contributed by atoms with van der Waals surface area (Å²) in [6, 6.07) is 19.8. The molecule has 2 heterocycles. The Kier molecular flexibility index (Phi) is 6.29. The van der Waals surface area contributed by atoms with Gasteiger partial charge in [-0.25, -0.2) is 0 Å². The number of ether oxygens (including phenoxy) is 3. The molecular formula is C34H33N3O5. The third-order valence-corrected chi connectivity index (χ3v) is 7.51. The molecule has 6 rings (SSSR count). The van der Waals surface area contributed by atoms with E-state index in [0.717, 1.165) is 11.1 Å². The van der Waals surface area contributed by atoms with Crippen LogP contribution in [0, 0.1) is 0 Å². The molecule has 214 valence electrons. The smallest absolute Gasteiger partial charge is 0.257 e. The number of hydrogen-bond donors (Lipinski definition) is 2. The Bertz CT molecular complexity index is 2030. The number of carbonyl (C=O) groups excluding carboxylic acids is 1. The number of nitrogens with zero attached hydrogens (tertiary/aromatic N) is 1. The number of fused-ring (bicyclic) bond motifs is 3. The highest BCUT2D eigenvalue weighted by Crippen LogP contribution is 2.33. The zero-order valence-corrected chi connectivity index (χ0v) is 23.5. The number of aromatic nitrogens is 1. The van der Waals surface area contributed by atoms with Crippen LogP contribution in [-0.4, -0.2) is 50.2 Å². The lowest BCUT2D eigenvalue weighted by atomic mass is 9.98. The van der Waals surface area contributed by atoms with Gasteiger partial charge in [0.2, 0.25) is 0 Å². The molecule has 0 atom stereocenters. The van der Waals surface area contributed by atoms with Crippen molar-refractivity contribution in [3.05, 3.63) is 105 Å². The second kappa shape index (κ2) is 11.6. The Morgan fingerprint density at radius 1 is 0.881 bits per heavy atom. The van der Waals surface area contributed by atoms with Crippen LogP contribution < -0.4 is 25.0 Å². The maximum atomic E-state index is 13.4. The Balaban J connectivity index is 1.24. The van der Waals surface area contributed by atoms with Gasteiger partial charge in [-0.3, -0.25) is 14.5 Å². The first-order valence-electron chi connectivity index (χ1n) is 15.5. The highest BCUT2D eigenvalue weighted by atomic mass is 16.5. The molecule has 1 aliphatic heterocycles. The van der Waals surface area contributed by atoms with E-state index in [1.165, 1.54) is 43.4 Å². The third kappa shape index (κ3) is 5.17. The lowest BCUT2D eigenvalue weighted by molar-refractivity contribution is 0.102. The van der Waals surface area contributed by atoms with Gasteiger partial charge in [-0.05, 0) is 78.0 Å². The Hall–Kier alpha value is -4.82. The van der Waals surface area contributed by atoms with Crippen LogP contribution in [0.2, 0.25) is 0 Å². The summed E-state index contributed by atoms with van der Waals surface area (Å²) in [5.74, 6) is 1.14. The number of aromatic amines is 1. The summed E-state index contributed by atoms with van der Waals surface area (Å²) in [6.07, 6.45) is -1.86. The fraction of sp³-hybridized carbons (Fsp3) is 0.235. The summed E-state index contributed by atoms with van der Waals surface area (Å²) >= 11 is 0. The maximum Gasteiger partial charge on any atom is 0.257 e. The molecule has 1 aliphatic rings. The van der Waals surface area contributed by atoms with Crippen molar-refractivity contribution in [1.29, 1.82) is 0 Å². The van der Waals surface area contributed by atoms with Gasteiger partial charge < -0.3 is 24.5 Å². The van der Waals surface area contributed by atoms with Crippen molar-refractivity contribution >= 4 is 33.4 Å². The van der Waals surface area contributed by atoms with Gasteiger partial charge in [0, 0.05) is 41.5 Å². The quantitative estimate of drug-likeness (QED) is 0.239. The summed E-state index contributed by atoms with van der Waals surface area (Å²) in [6.45, 7) is -1.84. The normalized spacial score (nSPS) is 15.2. The number of aryl methyl sites for hydroxylation is 1. The monoisotopic (exact) mass is 567 g/mol. The Morgan fingerprint density at radius 3 is 2.26 bits per heavy atom. The highest BCUT2D eigenvalue weighted by Gasteiger charge is 2.20. The first-order valence-corrected chi connectivity index (χ1v) is 13.5. The number of pyridine rings is 1. The van der Waals surface area contributed by atoms with E-state index in [0.29, 0.717) is 57.7 Å². The average molecular weight is 568 g/mol. The fourth-order valence-corrected chi connectivity index (χ4v) is 5.31. The summed E-state index contributed by atoms with van der Waals surface area (Å²) < 4.78 is 51.7. The Morgan fingerprint density at radius 2 is 1.55 bits per heavy atom. The van der Waals surface area contributed by atoms with Crippen molar-refractivity contribution in [3.8, 4) is 17.2 Å². The van der Waals surface area contributed by atoms with Crippen LogP contribution >= 0.6 is 0 Å². The van der Waals surface area contributed by atoms with Crippen molar-refractivity contribution < 1.29 is 24.5 Å². The summed E-state index contributed by atoms with van der Waals surface area (Å²) in [7, 11) is 4.61. The van der Waals surface area contributed by atoms with Crippen molar-refractivity contribution in [2.75, 3.05) is 39.7 Å². The van der Waals surface area contributed by atoms with Gasteiger partial charge in [-0.15, -0.1) is 0 Å². The number of anilines is 1. The van der Waals surface area contributed by atoms with Crippen molar-refractivity contribution in [2.45, 2.75) is 19.3 Å². The van der Waals surface area contributed by atoms with E-state index in [1.807, 2.05) is 12.1 Å². The summed E-state index contributed by atoms with van der Waals surface area (Å²) in [4.78, 5) is 31.4. The molecule has 8 heteroatoms. The van der Waals surface area contributed by atoms with E-state index in [2.05, 4.69) is 10.3 Å². The Labute approximate surface area is 249 Å². The van der Waals surface area contributed by atoms with Gasteiger partial charge in [0.1, 0.15) is 5.75 Å². The number of nitrogens with one attached hydrogen (secondary N) is 2. The zero-order valence-electron chi connectivity index (χ0n) is 27.5. The maximum absolute atomic E-state index is 13.4. The molecule has 1 aromatic heterocycles. The number of methoxy groups -OCH3 is 3. The molecular weight excluding hydrogens is 530 g/mol. The minimum Gasteiger partial charge on any atom is -0.495 e. The highest BCUT2D eigenvalue weighted by molar-refractivity contribution is 6.13. The first kappa shape index (κ1) is 22.8. The number of carbonyl (C=O) groups is 1. The van der Waals surface area contributed by atoms with E-state index in [-0.39, 0.29) is 23.1 Å². The molecule has 2 N–H and O–H groups in total. The average Bonchev–Trinajstić information content (AvgIpc) is 3.07. The van der Waals surface area contributed by atoms with Crippen LogP contribution in [0.15, 0.2) is 77.6 Å². The predicted molar refractivity (Wildman–Crippen MR) is 165 cm³/mol. The first-order chi connectivity index (χ1) is 22.0. The zero-order chi connectivity index (χ0) is 32.8. The van der Waals surface area contributed by atoms with E-state index in [1.54, 1.807) is 43.5 Å². The molecule has 42 heavy (non-hydrogen) atoms. The van der Waals surface area contributed by atoms with E-state index >= 15 is 0 Å². The van der Waals surface area contributed by atoms with Gasteiger partial charge in [-0.1, -0.05) is 24.3 Å². The second-order valence-corrected chi connectivity index (χ2v) is 9.98. The van der Waals surface area contributed by atoms with Gasteiger partial charge >= 0.3 is 0 Å². The molecule has 0 radical (unpaired) electrons. The van der Waals surface area contributed by atoms with Crippen LogP contribution in [0.25, 0.3) is 21.8 Å². The SMILES string of the molecule is [2H]C([2H])(c1ccc(NC(=O)c2cccc3c(=O)c4cccc(OC)c4[nH]c23)cc1)C([2H])([2H])N1CCc2cc(OC)c(OC)cc2C1. The molecule has 0 fully saturated rings. The number of rotatable bonds is 8. The molecule has 8 nitrogen and oxygen atoms in total. The standard InChI is InChI=1S/C34H33N3O5/c1-40-28-9-5-7-26-32(28)36-31-25(33(26)38)6-4-8-27(31)34(39)35-24-12-10-21(11-13-24)14-16-37-17-15-22-18-29(41-2)30(42-3)19-23(22)20-37/h4-13,18-19H,14-17,20H2,1-3H3,(H,35,39)(H,36,38)/i14D2,16D2. The largest absolute Gasteiger partial charge is 0.495 e. The number of H-pyrrole nitrogens is 1. The minimum absolute atomic E-state index is 0.127. The number of hydrogen-bond acceptors (Lipinski definition) is 6. The van der Waals surface area contributed by atoms with Crippen molar-refractivity contribution in [2.24, 2.45) is 0 Å². The lowest BCUT2D eigenvalue weighted by Crippen LogP contribution is -2.32. The molecule has 0 unspecified atom stereocenters. The molecule has 4 aromatic carbocycles. The van der Waals surface area contributed by atoms with Crippen LogP contribution in [0.3, 0.4) is 0 Å². The van der Waals surface area contributed by atoms with Crippen LogP contribution in [0.1, 0.15) is 32.5 Å². The third-order valence-electron chi connectivity index (χ3n) is 7.51. The summed E-state index contributed by atoms with van der Waals surface area (Å²) in [5, 5.41) is 3.62. The predicted octanol–water partition coefficient (Wildman–Crippen LogP) is 5.56. The van der Waals surface area contributed by atoms with Gasteiger partial charge in [0.25, 0.3) is 5.91 Å². The van der Waals surface area contributed by atoms with E-state index in [9.17, 15) is 9.59 Å². The van der Waals surface area contributed by atoms with Crippen LogP contribution in [0.4, 0.5) is 5.69 Å². The number of amides is 1. The number of benzene rings is 4. The van der Waals surface area contributed by atoms with E-state index < -0.39 is 18.8 Å². The molecule has 0 spiro atoms. The molecule has 0 saturated heterocycles. The molecule has 0 aliphatic carbocycles. The van der Waals surface area contributed by atoms with Crippen LogP contribution in [0.5, 0.6) is 17.2 Å². The molecule has 1 amide bonds. The van der Waals surface area contributed by atoms with Crippen LogP contribution in [-0.2, 0) is 19.3 Å². The van der Waals surface area contributed by atoms with Gasteiger partial charge in [0.15, 0.2) is 16.9 Å². The van der Waals surface area contributed by atoms with Gasteiger partial charge in [-0.2, -0.15) is 0 Å².